The van der Waals surface area contributed by atoms with Crippen molar-refractivity contribution in [3.8, 4) is 45.4 Å². The van der Waals surface area contributed by atoms with E-state index in [2.05, 4.69) is 22.0 Å². The molecule has 2 N–H and O–H groups in total. The van der Waals surface area contributed by atoms with Gasteiger partial charge in [-0.2, -0.15) is 0 Å². The number of carbonyl (C=O) groups is 2. The molecule has 7 aromatic carbocycles. The van der Waals surface area contributed by atoms with Crippen LogP contribution in [0.2, 0.25) is 10.0 Å². The van der Waals surface area contributed by atoms with Crippen LogP contribution in [0.4, 0.5) is 0 Å². The molecule has 0 saturated carbocycles. The topological polar surface area (TPSA) is 94.7 Å². The van der Waals surface area contributed by atoms with Crippen LogP contribution < -0.4 is 14.8 Å². The van der Waals surface area contributed by atoms with Crippen LogP contribution in [0.1, 0.15) is 61.8 Å². The Morgan fingerprint density at radius 2 is 0.971 bits per heavy atom. The smallest absolute Gasteiger partial charge is 0.335 e. The first-order valence-electron chi connectivity index (χ1n) is 22.1. The molecule has 2 heterocycles. The minimum absolute atomic E-state index is 0.105. The van der Waals surface area contributed by atoms with Crippen molar-refractivity contribution >= 4 is 35.1 Å². The summed E-state index contributed by atoms with van der Waals surface area (Å²) in [7, 11) is 0. The normalized spacial score (nSPS) is 11.2. The number of nitrogens with zero attached hydrogens (tertiary/aromatic N) is 2. The maximum absolute atomic E-state index is 13.2. The van der Waals surface area contributed by atoms with Crippen molar-refractivity contribution in [3.63, 3.8) is 0 Å². The molecule has 0 aliphatic carbocycles. The van der Waals surface area contributed by atoms with Crippen molar-refractivity contribution in [2.24, 2.45) is 0 Å². The number of hydrogen-bond donors (Lipinski definition) is 2. The molecular formula is C58H49Cl2N3O5. The molecule has 0 fully saturated rings. The molecule has 0 aliphatic heterocycles. The van der Waals surface area contributed by atoms with Crippen LogP contribution >= 0.6 is 23.2 Å². The Balaban J connectivity index is 0.000000189. The third kappa shape index (κ3) is 11.2. The van der Waals surface area contributed by atoms with Crippen LogP contribution in [0.15, 0.2) is 200 Å². The highest BCUT2D eigenvalue weighted by molar-refractivity contribution is 6.31. The van der Waals surface area contributed by atoms with Gasteiger partial charge in [0.25, 0.3) is 5.91 Å². The zero-order valence-corrected chi connectivity index (χ0v) is 39.3. The monoisotopic (exact) mass is 937 g/mol. The molecule has 340 valence electrons. The van der Waals surface area contributed by atoms with Gasteiger partial charge < -0.3 is 29.0 Å². The van der Waals surface area contributed by atoms with E-state index < -0.39 is 5.97 Å². The van der Waals surface area contributed by atoms with Crippen LogP contribution in [0, 0.1) is 13.8 Å². The number of carbonyl (C=O) groups excluding carboxylic acids is 1. The Morgan fingerprint density at radius 3 is 1.44 bits per heavy atom. The summed E-state index contributed by atoms with van der Waals surface area (Å²) in [5, 5.41) is 13.7. The first-order valence-corrected chi connectivity index (χ1v) is 22.9. The number of aryl methyl sites for hydroxylation is 2. The summed E-state index contributed by atoms with van der Waals surface area (Å²) < 4.78 is 16.5. The van der Waals surface area contributed by atoms with E-state index in [9.17, 15) is 14.7 Å². The average Bonchev–Trinajstić information content (AvgIpc) is 3.95. The van der Waals surface area contributed by atoms with Crippen LogP contribution in [0.25, 0.3) is 33.9 Å². The molecule has 0 aliphatic rings. The number of aromatic carboxylic acids is 1. The number of aromatic nitrogens is 2. The third-order valence-corrected chi connectivity index (χ3v) is 11.9. The lowest BCUT2D eigenvalue weighted by atomic mass is 10.1. The maximum atomic E-state index is 13.2. The Hall–Kier alpha value is -7.78. The number of hydrogen-bond acceptors (Lipinski definition) is 4. The van der Waals surface area contributed by atoms with Crippen molar-refractivity contribution < 1.29 is 24.2 Å². The Bertz CT molecular complexity index is 3170. The standard InChI is InChI=1S/C33H29ClN2O2.C25H20ClNO3/c1-23-16-18-31(30-21-28(34)17-19-32(30)38-22-25-10-5-3-6-11-25)36(23)29-15-9-14-27(20-29)33(37)35-24(2)26-12-7-4-8-13-26;1-17-10-12-23(27(17)21-9-5-8-19(14-21)25(28)29)22-15-20(26)11-13-24(22)30-16-18-6-3-2-4-7-18/h3-21,24H,22H2,1-2H3,(H,35,37);2-15H,16H2,1H3,(H,28,29)/t24-;/m1./s1. The fourth-order valence-electron chi connectivity index (χ4n) is 7.98. The molecule has 10 heteroatoms. The van der Waals surface area contributed by atoms with Crippen molar-refractivity contribution in [2.75, 3.05) is 0 Å². The number of carboxylic acid groups (broad SMARTS) is 1. The van der Waals surface area contributed by atoms with Gasteiger partial charge in [0.15, 0.2) is 0 Å². The van der Waals surface area contributed by atoms with E-state index in [4.69, 9.17) is 32.7 Å². The average molecular weight is 939 g/mol. The van der Waals surface area contributed by atoms with Crippen molar-refractivity contribution in [2.45, 2.75) is 40.0 Å². The third-order valence-electron chi connectivity index (χ3n) is 11.4. The number of benzene rings is 7. The fraction of sp³-hybridized carbons (Fsp3) is 0.103. The van der Waals surface area contributed by atoms with E-state index >= 15 is 0 Å². The summed E-state index contributed by atoms with van der Waals surface area (Å²) in [6.45, 7) is 6.89. The molecule has 1 atom stereocenters. The number of amides is 1. The van der Waals surface area contributed by atoms with E-state index in [1.165, 1.54) is 0 Å². The SMILES string of the molecule is Cc1ccc(-c2cc(Cl)ccc2OCc2ccccc2)n1-c1cccc(C(=O)N[C@H](C)c2ccccc2)c1.Cc1ccc(-c2cc(Cl)ccc2OCc2ccccc2)n1-c1cccc(C(=O)O)c1. The minimum atomic E-state index is -0.960. The Kier molecular flexibility index (Phi) is 14.9. The molecule has 68 heavy (non-hydrogen) atoms. The second-order valence-corrected chi connectivity index (χ2v) is 17.1. The number of ether oxygens (including phenoxy) is 2. The minimum Gasteiger partial charge on any atom is -0.488 e. The summed E-state index contributed by atoms with van der Waals surface area (Å²) >= 11 is 12.8. The van der Waals surface area contributed by atoms with Gasteiger partial charge in [-0.05, 0) is 135 Å². The van der Waals surface area contributed by atoms with E-state index in [0.717, 1.165) is 67.7 Å². The summed E-state index contributed by atoms with van der Waals surface area (Å²) in [5.74, 6) is 0.363. The van der Waals surface area contributed by atoms with Gasteiger partial charge in [-0.25, -0.2) is 4.79 Å². The van der Waals surface area contributed by atoms with Gasteiger partial charge >= 0.3 is 5.97 Å². The van der Waals surface area contributed by atoms with E-state index in [-0.39, 0.29) is 17.5 Å². The van der Waals surface area contributed by atoms with E-state index in [1.54, 1.807) is 24.3 Å². The van der Waals surface area contributed by atoms with Crippen LogP contribution in [-0.2, 0) is 13.2 Å². The highest BCUT2D eigenvalue weighted by Gasteiger charge is 2.19. The second-order valence-electron chi connectivity index (χ2n) is 16.2. The van der Waals surface area contributed by atoms with Gasteiger partial charge in [0.05, 0.1) is 23.0 Å². The van der Waals surface area contributed by atoms with Crippen molar-refractivity contribution in [3.05, 3.63) is 249 Å². The van der Waals surface area contributed by atoms with Crippen LogP contribution in [0.3, 0.4) is 0 Å². The number of rotatable bonds is 14. The summed E-state index contributed by atoms with van der Waals surface area (Å²) in [4.78, 5) is 24.6. The summed E-state index contributed by atoms with van der Waals surface area (Å²) in [5.41, 5.74) is 11.2. The summed E-state index contributed by atoms with van der Waals surface area (Å²) in [6.07, 6.45) is 0. The number of carboxylic acids is 1. The van der Waals surface area contributed by atoms with Gasteiger partial charge in [-0.15, -0.1) is 0 Å². The Morgan fingerprint density at radius 1 is 0.529 bits per heavy atom. The lowest BCUT2D eigenvalue weighted by molar-refractivity contribution is 0.0696. The van der Waals surface area contributed by atoms with Crippen LogP contribution in [-0.4, -0.2) is 26.1 Å². The molecule has 8 nitrogen and oxygen atoms in total. The zero-order valence-electron chi connectivity index (χ0n) is 37.8. The molecule has 0 saturated heterocycles. The molecule has 9 aromatic rings. The van der Waals surface area contributed by atoms with Crippen molar-refractivity contribution in [1.82, 2.24) is 14.5 Å². The van der Waals surface area contributed by atoms with Gasteiger partial charge in [0, 0.05) is 49.5 Å². The second kappa shape index (κ2) is 21.7. The predicted octanol–water partition coefficient (Wildman–Crippen LogP) is 14.6. The summed E-state index contributed by atoms with van der Waals surface area (Å²) in [6, 6.07) is 63.7. The molecular weight excluding hydrogens is 890 g/mol. The van der Waals surface area contributed by atoms with Gasteiger partial charge in [0.1, 0.15) is 24.7 Å². The molecule has 0 radical (unpaired) electrons. The van der Waals surface area contributed by atoms with Gasteiger partial charge in [-0.3, -0.25) is 4.79 Å². The number of nitrogens with one attached hydrogen (secondary N) is 1. The maximum Gasteiger partial charge on any atom is 0.335 e. The molecule has 0 unspecified atom stereocenters. The highest BCUT2D eigenvalue weighted by atomic mass is 35.5. The van der Waals surface area contributed by atoms with E-state index in [1.807, 2.05) is 189 Å². The van der Waals surface area contributed by atoms with Gasteiger partial charge in [0.2, 0.25) is 0 Å². The predicted molar refractivity (Wildman–Crippen MR) is 273 cm³/mol. The molecule has 2 aromatic heterocycles. The zero-order chi connectivity index (χ0) is 47.6. The quantitative estimate of drug-likeness (QED) is 0.113. The molecule has 0 bridgehead atoms. The molecule has 9 rings (SSSR count). The lowest BCUT2D eigenvalue weighted by Gasteiger charge is -2.18. The first kappa shape index (κ1) is 46.7. The Labute approximate surface area is 406 Å². The van der Waals surface area contributed by atoms with Crippen molar-refractivity contribution in [1.29, 1.82) is 0 Å². The largest absolute Gasteiger partial charge is 0.488 e. The first-order chi connectivity index (χ1) is 33.0. The van der Waals surface area contributed by atoms with Crippen LogP contribution in [0.5, 0.6) is 11.5 Å². The lowest BCUT2D eigenvalue weighted by Crippen LogP contribution is -2.26. The fourth-order valence-corrected chi connectivity index (χ4v) is 8.32. The number of halogens is 2. The molecule has 0 spiro atoms. The van der Waals surface area contributed by atoms with E-state index in [0.29, 0.717) is 34.6 Å². The highest BCUT2D eigenvalue weighted by Crippen LogP contribution is 2.38. The molecule has 1 amide bonds. The van der Waals surface area contributed by atoms with Gasteiger partial charge in [-0.1, -0.05) is 126 Å².